The third-order valence-corrected chi connectivity index (χ3v) is 4.60. The highest BCUT2D eigenvalue weighted by Crippen LogP contribution is 2.49. The van der Waals surface area contributed by atoms with E-state index in [1.54, 1.807) is 13.0 Å². The van der Waals surface area contributed by atoms with E-state index in [1.165, 1.54) is 11.0 Å². The molecule has 4 atom stereocenters. The van der Waals surface area contributed by atoms with Crippen LogP contribution in [0.25, 0.3) is 0 Å². The predicted octanol–water partition coefficient (Wildman–Crippen LogP) is 2.51. The van der Waals surface area contributed by atoms with Gasteiger partial charge in [-0.15, -0.1) is 0 Å². The maximum Gasteiger partial charge on any atom is 0.416 e. The molecule has 25 heavy (non-hydrogen) atoms. The van der Waals surface area contributed by atoms with Gasteiger partial charge in [0, 0.05) is 12.5 Å². The van der Waals surface area contributed by atoms with Crippen molar-refractivity contribution in [2.45, 2.75) is 37.6 Å². The molecule has 1 N–H and O–H groups in total. The third-order valence-electron chi connectivity index (χ3n) is 4.60. The smallest absolute Gasteiger partial charge is 0.416 e. The van der Waals surface area contributed by atoms with Crippen LogP contribution in [0.2, 0.25) is 0 Å². The van der Waals surface area contributed by atoms with Crippen molar-refractivity contribution in [3.8, 4) is 0 Å². The van der Waals surface area contributed by atoms with E-state index >= 15 is 0 Å². The summed E-state index contributed by atoms with van der Waals surface area (Å²) in [5.74, 6) is -2.00. The van der Waals surface area contributed by atoms with E-state index in [2.05, 4.69) is 0 Å². The van der Waals surface area contributed by atoms with E-state index < -0.39 is 35.8 Å². The number of hydrogen-bond donors (Lipinski definition) is 1. The maximum atomic E-state index is 12.8. The number of nitrogens with zero attached hydrogens (tertiary/aromatic N) is 1. The third kappa shape index (κ3) is 3.78. The lowest BCUT2D eigenvalue weighted by Gasteiger charge is -2.35. The van der Waals surface area contributed by atoms with Gasteiger partial charge in [-0.25, -0.2) is 4.79 Å². The van der Waals surface area contributed by atoms with Gasteiger partial charge in [0.05, 0.1) is 18.2 Å². The second-order valence-electron chi connectivity index (χ2n) is 6.59. The Morgan fingerprint density at radius 1 is 1.28 bits per heavy atom. The van der Waals surface area contributed by atoms with Crippen LogP contribution in [0.5, 0.6) is 0 Å². The largest absolute Gasteiger partial charge is 0.479 e. The molecule has 1 aromatic rings. The zero-order valence-electron chi connectivity index (χ0n) is 13.5. The fraction of sp³-hybridized carbons (Fsp3) is 0.529. The molecule has 3 unspecified atom stereocenters. The fourth-order valence-corrected chi connectivity index (χ4v) is 3.28. The number of alkyl halides is 3. The van der Waals surface area contributed by atoms with Crippen LogP contribution in [-0.4, -0.2) is 47.2 Å². The Balaban J connectivity index is 1.69. The molecule has 5 nitrogen and oxygen atoms in total. The first-order chi connectivity index (χ1) is 11.7. The molecule has 0 radical (unpaired) electrons. The van der Waals surface area contributed by atoms with Crippen molar-refractivity contribution in [1.82, 2.24) is 4.90 Å². The number of benzene rings is 1. The number of carbonyl (C=O) groups is 2. The monoisotopic (exact) mass is 357 g/mol. The van der Waals surface area contributed by atoms with E-state index in [-0.39, 0.29) is 24.9 Å². The number of carbonyl (C=O) groups excluding carboxylic acids is 1. The van der Waals surface area contributed by atoms with Gasteiger partial charge in [-0.05, 0) is 30.9 Å². The Labute approximate surface area is 142 Å². The highest BCUT2D eigenvalue weighted by atomic mass is 19.4. The first-order valence-corrected chi connectivity index (χ1v) is 8.01. The Kier molecular flexibility index (Phi) is 4.49. The molecule has 0 spiro atoms. The first kappa shape index (κ1) is 17.7. The summed E-state index contributed by atoms with van der Waals surface area (Å²) in [5.41, 5.74) is -0.238. The highest BCUT2D eigenvalue weighted by Gasteiger charge is 2.48. The number of rotatable bonds is 3. The average molecular weight is 357 g/mol. The Morgan fingerprint density at radius 3 is 2.64 bits per heavy atom. The minimum atomic E-state index is -4.42. The van der Waals surface area contributed by atoms with Gasteiger partial charge in [0.25, 0.3) is 0 Å². The SMILES string of the molecule is C[C@@H]1CN(C(=O)C2CC2c2cccc(C(F)(F)F)c2)CC(C(=O)O)O1. The van der Waals surface area contributed by atoms with Crippen LogP contribution in [0.4, 0.5) is 13.2 Å². The standard InChI is InChI=1S/C17H18F3NO4/c1-9-7-21(8-14(25-9)16(23)24)15(22)13-6-12(13)10-3-2-4-11(5-10)17(18,19)20/h2-5,9,12-14H,6-8H2,1H3,(H,23,24)/t9-,12?,13?,14?/m1/s1. The summed E-state index contributed by atoms with van der Waals surface area (Å²) in [7, 11) is 0. The Morgan fingerprint density at radius 2 is 2.00 bits per heavy atom. The van der Waals surface area contributed by atoms with Crippen LogP contribution in [0.15, 0.2) is 24.3 Å². The van der Waals surface area contributed by atoms with E-state index in [9.17, 15) is 22.8 Å². The maximum absolute atomic E-state index is 12.8. The van der Waals surface area contributed by atoms with Crippen LogP contribution in [0.3, 0.4) is 0 Å². The second kappa shape index (κ2) is 6.33. The summed E-state index contributed by atoms with van der Waals surface area (Å²) in [4.78, 5) is 25.1. The van der Waals surface area contributed by atoms with Crippen molar-refractivity contribution < 1.29 is 32.6 Å². The molecule has 1 aliphatic carbocycles. The topological polar surface area (TPSA) is 66.8 Å². The van der Waals surface area contributed by atoms with Crippen molar-refractivity contribution in [2.24, 2.45) is 5.92 Å². The summed E-state index contributed by atoms with van der Waals surface area (Å²) >= 11 is 0. The number of amides is 1. The predicted molar refractivity (Wildman–Crippen MR) is 80.8 cm³/mol. The Bertz CT molecular complexity index is 691. The second-order valence-corrected chi connectivity index (χ2v) is 6.59. The molecule has 0 bridgehead atoms. The summed E-state index contributed by atoms with van der Waals surface area (Å²) in [6.07, 6.45) is -5.41. The number of halogens is 3. The quantitative estimate of drug-likeness (QED) is 0.903. The molecular weight excluding hydrogens is 339 g/mol. The molecule has 0 aromatic heterocycles. The zero-order chi connectivity index (χ0) is 18.4. The van der Waals surface area contributed by atoms with Crippen LogP contribution in [0.1, 0.15) is 30.4 Å². The number of carboxylic acids is 1. The van der Waals surface area contributed by atoms with Gasteiger partial charge in [-0.3, -0.25) is 4.79 Å². The summed E-state index contributed by atoms with van der Waals surface area (Å²) in [5, 5.41) is 9.08. The molecule has 1 saturated carbocycles. The number of ether oxygens (including phenoxy) is 1. The number of hydrogen-bond acceptors (Lipinski definition) is 3. The van der Waals surface area contributed by atoms with Crippen molar-refractivity contribution >= 4 is 11.9 Å². The van der Waals surface area contributed by atoms with Crippen LogP contribution in [0, 0.1) is 5.92 Å². The number of aliphatic carboxylic acids is 1. The van der Waals surface area contributed by atoms with Crippen molar-refractivity contribution in [3.05, 3.63) is 35.4 Å². The van der Waals surface area contributed by atoms with Gasteiger partial charge in [-0.2, -0.15) is 13.2 Å². The van der Waals surface area contributed by atoms with Crippen LogP contribution >= 0.6 is 0 Å². The average Bonchev–Trinajstić information content (AvgIpc) is 3.33. The molecule has 1 aliphatic heterocycles. The van der Waals surface area contributed by atoms with E-state index in [4.69, 9.17) is 9.84 Å². The van der Waals surface area contributed by atoms with E-state index in [0.29, 0.717) is 12.0 Å². The fourth-order valence-electron chi connectivity index (χ4n) is 3.28. The lowest BCUT2D eigenvalue weighted by Crippen LogP contribution is -2.52. The summed E-state index contributed by atoms with van der Waals surface area (Å²) in [6.45, 7) is 1.94. The van der Waals surface area contributed by atoms with Gasteiger partial charge in [0.2, 0.25) is 5.91 Å². The molecular formula is C17H18F3NO4. The van der Waals surface area contributed by atoms with Gasteiger partial charge < -0.3 is 14.7 Å². The van der Waals surface area contributed by atoms with E-state index in [1.807, 2.05) is 0 Å². The lowest BCUT2D eigenvalue weighted by molar-refractivity contribution is -0.167. The minimum Gasteiger partial charge on any atom is -0.479 e. The molecule has 2 aliphatic rings. The van der Waals surface area contributed by atoms with Gasteiger partial charge in [-0.1, -0.05) is 18.2 Å². The Hall–Kier alpha value is -2.09. The lowest BCUT2D eigenvalue weighted by atomic mass is 10.0. The van der Waals surface area contributed by atoms with Crippen molar-refractivity contribution in [3.63, 3.8) is 0 Å². The van der Waals surface area contributed by atoms with Crippen LogP contribution < -0.4 is 0 Å². The molecule has 1 heterocycles. The molecule has 8 heteroatoms. The van der Waals surface area contributed by atoms with Gasteiger partial charge >= 0.3 is 12.1 Å². The van der Waals surface area contributed by atoms with Gasteiger partial charge in [0.15, 0.2) is 6.10 Å². The number of morpholine rings is 1. The van der Waals surface area contributed by atoms with E-state index in [0.717, 1.165) is 12.1 Å². The zero-order valence-corrected chi connectivity index (χ0v) is 13.5. The highest BCUT2D eigenvalue weighted by molar-refractivity contribution is 5.84. The van der Waals surface area contributed by atoms with Crippen molar-refractivity contribution in [1.29, 1.82) is 0 Å². The van der Waals surface area contributed by atoms with Crippen molar-refractivity contribution in [2.75, 3.05) is 13.1 Å². The number of carboxylic acid groups (broad SMARTS) is 1. The molecule has 1 saturated heterocycles. The molecule has 136 valence electrons. The van der Waals surface area contributed by atoms with Crippen LogP contribution in [-0.2, 0) is 20.5 Å². The molecule has 1 amide bonds. The molecule has 1 aromatic carbocycles. The molecule has 3 rings (SSSR count). The minimum absolute atomic E-state index is 0.0374. The normalized spacial score (nSPS) is 29.4. The van der Waals surface area contributed by atoms with Gasteiger partial charge in [0.1, 0.15) is 0 Å². The summed E-state index contributed by atoms with van der Waals surface area (Å²) in [6, 6.07) is 5.02. The summed E-state index contributed by atoms with van der Waals surface area (Å²) < 4.78 is 43.7. The molecule has 2 fully saturated rings. The first-order valence-electron chi connectivity index (χ1n) is 8.01.